The van der Waals surface area contributed by atoms with Crippen molar-refractivity contribution in [3.8, 4) is 0 Å². The molecule has 1 aliphatic rings. The predicted octanol–water partition coefficient (Wildman–Crippen LogP) is 2.44. The summed E-state index contributed by atoms with van der Waals surface area (Å²) in [5.41, 5.74) is 1.37. The van der Waals surface area contributed by atoms with Crippen LogP contribution in [-0.2, 0) is 11.3 Å². The summed E-state index contributed by atoms with van der Waals surface area (Å²) < 4.78 is 5.98. The van der Waals surface area contributed by atoms with Gasteiger partial charge in [0.25, 0.3) is 0 Å². The van der Waals surface area contributed by atoms with Crippen molar-refractivity contribution >= 4 is 0 Å². The van der Waals surface area contributed by atoms with Gasteiger partial charge in [-0.05, 0) is 31.7 Å². The Morgan fingerprint density at radius 3 is 2.74 bits per heavy atom. The Morgan fingerprint density at radius 1 is 1.21 bits per heavy atom. The highest BCUT2D eigenvalue weighted by atomic mass is 16.5. The van der Waals surface area contributed by atoms with Crippen molar-refractivity contribution in [2.75, 3.05) is 19.7 Å². The normalized spacial score (nSPS) is 24.5. The van der Waals surface area contributed by atoms with Crippen LogP contribution in [0.15, 0.2) is 30.3 Å². The molecule has 106 valence electrons. The summed E-state index contributed by atoms with van der Waals surface area (Å²) >= 11 is 0. The smallest absolute Gasteiger partial charge is 0.0706 e. The number of rotatable bonds is 6. The van der Waals surface area contributed by atoms with E-state index in [1.165, 1.54) is 5.56 Å². The Hall–Kier alpha value is -0.900. The fraction of sp³-hybridized carbons (Fsp3) is 0.625. The van der Waals surface area contributed by atoms with E-state index in [-0.39, 0.29) is 6.61 Å². The molecule has 0 radical (unpaired) electrons. The predicted molar refractivity (Wildman–Crippen MR) is 77.0 cm³/mol. The zero-order valence-corrected chi connectivity index (χ0v) is 11.8. The summed E-state index contributed by atoms with van der Waals surface area (Å²) in [6.07, 6.45) is 3.60. The van der Waals surface area contributed by atoms with Crippen molar-refractivity contribution in [1.29, 1.82) is 0 Å². The first-order valence-electron chi connectivity index (χ1n) is 7.30. The van der Waals surface area contributed by atoms with Crippen LogP contribution in [0.3, 0.4) is 0 Å². The Labute approximate surface area is 116 Å². The monoisotopic (exact) mass is 263 g/mol. The fourth-order valence-electron chi connectivity index (χ4n) is 2.75. The van der Waals surface area contributed by atoms with Gasteiger partial charge in [0.1, 0.15) is 0 Å². The lowest BCUT2D eigenvalue weighted by atomic mass is 10.1. The van der Waals surface area contributed by atoms with E-state index in [0.29, 0.717) is 12.2 Å². The van der Waals surface area contributed by atoms with Gasteiger partial charge >= 0.3 is 0 Å². The van der Waals surface area contributed by atoms with Gasteiger partial charge in [0.2, 0.25) is 0 Å². The minimum Gasteiger partial charge on any atom is -0.396 e. The van der Waals surface area contributed by atoms with Crippen LogP contribution in [0.4, 0.5) is 0 Å². The summed E-state index contributed by atoms with van der Waals surface area (Å²) in [5.74, 6) is 0. The van der Waals surface area contributed by atoms with Crippen LogP contribution in [0.25, 0.3) is 0 Å². The summed E-state index contributed by atoms with van der Waals surface area (Å²) in [6.45, 7) is 5.45. The second-order valence-electron chi connectivity index (χ2n) is 5.47. The number of aliphatic hydroxyl groups is 1. The van der Waals surface area contributed by atoms with Crippen molar-refractivity contribution in [2.45, 2.75) is 44.9 Å². The molecule has 2 unspecified atom stereocenters. The molecule has 3 nitrogen and oxygen atoms in total. The number of morpholine rings is 1. The van der Waals surface area contributed by atoms with E-state index >= 15 is 0 Å². The Balaban J connectivity index is 1.83. The number of hydrogen-bond donors (Lipinski definition) is 1. The first kappa shape index (κ1) is 14.5. The standard InChI is InChI=1S/C16H25NO2/c1-14-11-17(12-15-7-3-2-4-8-15)13-16(19-14)9-5-6-10-18/h2-4,7-8,14,16,18H,5-6,9-13H2,1H3. The number of nitrogens with zero attached hydrogens (tertiary/aromatic N) is 1. The van der Waals surface area contributed by atoms with E-state index in [9.17, 15) is 0 Å². The largest absolute Gasteiger partial charge is 0.396 e. The molecule has 0 aromatic heterocycles. The van der Waals surface area contributed by atoms with Gasteiger partial charge in [0.15, 0.2) is 0 Å². The molecule has 0 aliphatic carbocycles. The molecule has 1 fully saturated rings. The van der Waals surface area contributed by atoms with Crippen LogP contribution in [-0.4, -0.2) is 41.9 Å². The molecule has 3 heteroatoms. The highest BCUT2D eigenvalue weighted by Gasteiger charge is 2.24. The van der Waals surface area contributed by atoms with Crippen LogP contribution in [0.2, 0.25) is 0 Å². The zero-order valence-electron chi connectivity index (χ0n) is 11.8. The molecule has 2 atom stereocenters. The number of unbranched alkanes of at least 4 members (excludes halogenated alkanes) is 1. The third-order valence-corrected chi connectivity index (χ3v) is 3.59. The molecular formula is C16H25NO2. The van der Waals surface area contributed by atoms with E-state index in [0.717, 1.165) is 38.9 Å². The quantitative estimate of drug-likeness (QED) is 0.800. The number of benzene rings is 1. The number of hydrogen-bond acceptors (Lipinski definition) is 3. The van der Waals surface area contributed by atoms with Crippen molar-refractivity contribution in [2.24, 2.45) is 0 Å². The molecule has 19 heavy (non-hydrogen) atoms. The summed E-state index contributed by atoms with van der Waals surface area (Å²) in [6, 6.07) is 10.6. The van der Waals surface area contributed by atoms with Crippen LogP contribution in [0.1, 0.15) is 31.7 Å². The average Bonchev–Trinajstić information content (AvgIpc) is 2.39. The van der Waals surface area contributed by atoms with E-state index < -0.39 is 0 Å². The molecular weight excluding hydrogens is 238 g/mol. The van der Waals surface area contributed by atoms with E-state index in [2.05, 4.69) is 42.2 Å². The molecule has 2 rings (SSSR count). The lowest BCUT2D eigenvalue weighted by Gasteiger charge is -2.37. The number of ether oxygens (including phenoxy) is 1. The fourth-order valence-corrected chi connectivity index (χ4v) is 2.75. The van der Waals surface area contributed by atoms with Gasteiger partial charge in [-0.3, -0.25) is 4.90 Å². The van der Waals surface area contributed by atoms with Gasteiger partial charge < -0.3 is 9.84 Å². The maximum Gasteiger partial charge on any atom is 0.0706 e. The summed E-state index contributed by atoms with van der Waals surface area (Å²) in [4.78, 5) is 2.48. The molecule has 1 heterocycles. The Kier molecular flexibility index (Phi) is 5.83. The van der Waals surface area contributed by atoms with Gasteiger partial charge in [0.05, 0.1) is 12.2 Å². The van der Waals surface area contributed by atoms with Crippen LogP contribution in [0.5, 0.6) is 0 Å². The second kappa shape index (κ2) is 7.63. The summed E-state index contributed by atoms with van der Waals surface area (Å²) in [7, 11) is 0. The molecule has 1 aromatic carbocycles. The summed E-state index contributed by atoms with van der Waals surface area (Å²) in [5, 5.41) is 8.84. The SMILES string of the molecule is CC1CN(Cc2ccccc2)CC(CCCCO)O1. The maximum atomic E-state index is 8.84. The third-order valence-electron chi connectivity index (χ3n) is 3.59. The molecule has 1 aromatic rings. The second-order valence-corrected chi connectivity index (χ2v) is 5.47. The van der Waals surface area contributed by atoms with E-state index in [1.54, 1.807) is 0 Å². The van der Waals surface area contributed by atoms with Crippen molar-refractivity contribution in [3.63, 3.8) is 0 Å². The van der Waals surface area contributed by atoms with Gasteiger partial charge in [-0.1, -0.05) is 30.3 Å². The highest BCUT2D eigenvalue weighted by Crippen LogP contribution is 2.18. The van der Waals surface area contributed by atoms with Crippen molar-refractivity contribution in [3.05, 3.63) is 35.9 Å². The molecule has 1 saturated heterocycles. The Morgan fingerprint density at radius 2 is 2.00 bits per heavy atom. The van der Waals surface area contributed by atoms with Gasteiger partial charge in [-0.2, -0.15) is 0 Å². The first-order valence-corrected chi connectivity index (χ1v) is 7.30. The van der Waals surface area contributed by atoms with Gasteiger partial charge in [-0.15, -0.1) is 0 Å². The minimum absolute atomic E-state index is 0.288. The number of aliphatic hydroxyl groups excluding tert-OH is 1. The lowest BCUT2D eigenvalue weighted by molar-refractivity contribution is -0.0828. The average molecular weight is 263 g/mol. The maximum absolute atomic E-state index is 8.84. The Bertz CT molecular complexity index is 355. The van der Waals surface area contributed by atoms with Crippen LogP contribution in [0, 0.1) is 0 Å². The topological polar surface area (TPSA) is 32.7 Å². The molecule has 0 spiro atoms. The van der Waals surface area contributed by atoms with E-state index in [4.69, 9.17) is 9.84 Å². The first-order chi connectivity index (χ1) is 9.28. The minimum atomic E-state index is 0.288. The highest BCUT2D eigenvalue weighted by molar-refractivity contribution is 5.14. The van der Waals surface area contributed by atoms with Crippen molar-refractivity contribution < 1.29 is 9.84 Å². The van der Waals surface area contributed by atoms with Gasteiger partial charge in [-0.25, -0.2) is 0 Å². The van der Waals surface area contributed by atoms with E-state index in [1.807, 2.05) is 0 Å². The third kappa shape index (κ3) is 4.94. The molecule has 1 aliphatic heterocycles. The molecule has 0 bridgehead atoms. The lowest BCUT2D eigenvalue weighted by Crippen LogP contribution is -2.46. The zero-order chi connectivity index (χ0) is 13.5. The molecule has 0 amide bonds. The van der Waals surface area contributed by atoms with Crippen LogP contribution < -0.4 is 0 Å². The molecule has 0 saturated carbocycles. The van der Waals surface area contributed by atoms with Crippen molar-refractivity contribution in [1.82, 2.24) is 4.90 Å². The van der Waals surface area contributed by atoms with Gasteiger partial charge in [0, 0.05) is 26.2 Å². The van der Waals surface area contributed by atoms with Crippen LogP contribution >= 0.6 is 0 Å². The molecule has 1 N–H and O–H groups in total.